The molecule has 3 nitrogen and oxygen atoms in total. The van der Waals surface area contributed by atoms with Gasteiger partial charge < -0.3 is 10.1 Å². The minimum absolute atomic E-state index is 0.610. The van der Waals surface area contributed by atoms with E-state index in [2.05, 4.69) is 4.98 Å². The second-order valence-corrected chi connectivity index (χ2v) is 3.68. The smallest absolute Gasteiger partial charge is 0.110 e. The van der Waals surface area contributed by atoms with Gasteiger partial charge in [0.1, 0.15) is 5.82 Å². The first-order valence-corrected chi connectivity index (χ1v) is 4.93. The zero-order chi connectivity index (χ0) is 10.1. The number of fused-ring (bicyclic) bond motifs is 1. The maximum Gasteiger partial charge on any atom is 0.110 e. The van der Waals surface area contributed by atoms with E-state index < -0.39 is 0 Å². The van der Waals surface area contributed by atoms with Crippen molar-refractivity contribution in [1.82, 2.24) is 9.38 Å². The summed E-state index contributed by atoms with van der Waals surface area (Å²) in [7, 11) is 0. The molecule has 0 saturated heterocycles. The van der Waals surface area contributed by atoms with Crippen LogP contribution in [0.15, 0.2) is 18.3 Å². The Labute approximate surface area is 87.5 Å². The van der Waals surface area contributed by atoms with Crippen LogP contribution >= 0.6 is 11.6 Å². The first-order valence-electron chi connectivity index (χ1n) is 4.55. The third-order valence-electron chi connectivity index (χ3n) is 2.24. The van der Waals surface area contributed by atoms with Crippen molar-refractivity contribution < 1.29 is 0 Å². The zero-order valence-electron chi connectivity index (χ0n) is 8.00. The monoisotopic (exact) mass is 209 g/mol. The maximum atomic E-state index is 5.93. The molecule has 2 N–H and O–H groups in total. The summed E-state index contributed by atoms with van der Waals surface area (Å²) >= 11 is 5.93. The second-order valence-electron chi connectivity index (χ2n) is 3.24. The number of nitrogens with zero attached hydrogens (tertiary/aromatic N) is 2. The minimum Gasteiger partial charge on any atom is -0.330 e. The molecule has 0 aliphatic heterocycles. The normalized spacial score (nSPS) is 11.1. The molecule has 0 radical (unpaired) electrons. The number of pyridine rings is 1. The number of aromatic nitrogens is 2. The van der Waals surface area contributed by atoms with Crippen LogP contribution in [0.25, 0.3) is 5.52 Å². The lowest BCUT2D eigenvalue weighted by molar-refractivity contribution is 0.933. The molecule has 4 heteroatoms. The molecule has 2 rings (SSSR count). The van der Waals surface area contributed by atoms with Gasteiger partial charge in [0.15, 0.2) is 0 Å². The fourth-order valence-corrected chi connectivity index (χ4v) is 1.77. The Bertz CT molecular complexity index is 462. The number of nitrogens with two attached hydrogens (primary N) is 1. The molecule has 74 valence electrons. The van der Waals surface area contributed by atoms with E-state index in [1.807, 2.05) is 29.7 Å². The fraction of sp³-hybridized carbons (Fsp3) is 0.300. The minimum atomic E-state index is 0.610. The molecule has 0 amide bonds. The van der Waals surface area contributed by atoms with Crippen LogP contribution in [0.1, 0.15) is 11.5 Å². The summed E-state index contributed by atoms with van der Waals surface area (Å²) in [5.41, 5.74) is 7.59. The molecule has 2 aromatic heterocycles. The number of hydrogen-bond acceptors (Lipinski definition) is 2. The van der Waals surface area contributed by atoms with E-state index in [0.29, 0.717) is 6.54 Å². The van der Waals surface area contributed by atoms with Crippen molar-refractivity contribution in [2.45, 2.75) is 13.3 Å². The molecule has 2 heterocycles. The van der Waals surface area contributed by atoms with Crippen LogP contribution in [0.5, 0.6) is 0 Å². The predicted molar refractivity (Wildman–Crippen MR) is 57.7 cm³/mol. The lowest BCUT2D eigenvalue weighted by Crippen LogP contribution is -2.03. The lowest BCUT2D eigenvalue weighted by Gasteiger charge is -1.97. The molecular formula is C10H12ClN3. The first kappa shape index (κ1) is 9.49. The summed E-state index contributed by atoms with van der Waals surface area (Å²) < 4.78 is 2.02. The van der Waals surface area contributed by atoms with E-state index in [1.165, 1.54) is 0 Å². The quantitative estimate of drug-likeness (QED) is 0.820. The van der Waals surface area contributed by atoms with Crippen molar-refractivity contribution in [3.63, 3.8) is 0 Å². The van der Waals surface area contributed by atoms with Crippen LogP contribution in [0.3, 0.4) is 0 Å². The Hall–Kier alpha value is -1.06. The lowest BCUT2D eigenvalue weighted by atomic mass is 10.2. The molecular weight excluding hydrogens is 198 g/mol. The van der Waals surface area contributed by atoms with Crippen LogP contribution in [0.2, 0.25) is 5.02 Å². The molecule has 0 bridgehead atoms. The molecule has 0 aromatic carbocycles. The average Bonchev–Trinajstić information content (AvgIpc) is 2.44. The van der Waals surface area contributed by atoms with Gasteiger partial charge in [0.25, 0.3) is 0 Å². The van der Waals surface area contributed by atoms with Crippen molar-refractivity contribution in [1.29, 1.82) is 0 Å². The van der Waals surface area contributed by atoms with Gasteiger partial charge in [0.05, 0.1) is 11.2 Å². The molecule has 0 spiro atoms. The van der Waals surface area contributed by atoms with Crippen LogP contribution < -0.4 is 5.73 Å². The van der Waals surface area contributed by atoms with Gasteiger partial charge in [-0.05, 0) is 25.6 Å². The molecule has 0 aliphatic carbocycles. The van der Waals surface area contributed by atoms with E-state index in [4.69, 9.17) is 17.3 Å². The van der Waals surface area contributed by atoms with Gasteiger partial charge in [0, 0.05) is 17.6 Å². The molecule has 2 aromatic rings. The third kappa shape index (κ3) is 1.49. The molecule has 14 heavy (non-hydrogen) atoms. The predicted octanol–water partition coefficient (Wildman–Crippen LogP) is 1.80. The Morgan fingerprint density at radius 1 is 1.57 bits per heavy atom. The van der Waals surface area contributed by atoms with Gasteiger partial charge >= 0.3 is 0 Å². The van der Waals surface area contributed by atoms with Crippen molar-refractivity contribution >= 4 is 17.1 Å². The van der Waals surface area contributed by atoms with Gasteiger partial charge in [-0.3, -0.25) is 0 Å². The number of rotatable bonds is 2. The van der Waals surface area contributed by atoms with Gasteiger partial charge in [-0.15, -0.1) is 0 Å². The van der Waals surface area contributed by atoms with Gasteiger partial charge in [-0.25, -0.2) is 4.98 Å². The van der Waals surface area contributed by atoms with Crippen molar-refractivity contribution in [3.05, 3.63) is 34.9 Å². The topological polar surface area (TPSA) is 43.3 Å². The number of hydrogen-bond donors (Lipinski definition) is 1. The summed E-state index contributed by atoms with van der Waals surface area (Å²) in [5, 5.41) is 0.732. The van der Waals surface area contributed by atoms with Gasteiger partial charge in [0.2, 0.25) is 0 Å². The van der Waals surface area contributed by atoms with Crippen molar-refractivity contribution in [2.24, 2.45) is 5.73 Å². The second kappa shape index (κ2) is 3.59. The maximum absolute atomic E-state index is 5.93. The first-order chi connectivity index (χ1) is 6.72. The van der Waals surface area contributed by atoms with E-state index >= 15 is 0 Å². The van der Waals surface area contributed by atoms with Crippen LogP contribution in [-0.2, 0) is 6.42 Å². The number of imidazole rings is 1. The zero-order valence-corrected chi connectivity index (χ0v) is 8.75. The van der Waals surface area contributed by atoms with Gasteiger partial charge in [-0.1, -0.05) is 11.6 Å². The highest BCUT2D eigenvalue weighted by molar-refractivity contribution is 6.30. The third-order valence-corrected chi connectivity index (χ3v) is 2.47. The highest BCUT2D eigenvalue weighted by Gasteiger charge is 2.07. The van der Waals surface area contributed by atoms with Gasteiger partial charge in [-0.2, -0.15) is 0 Å². The summed E-state index contributed by atoms with van der Waals surface area (Å²) in [4.78, 5) is 4.44. The molecule has 0 fully saturated rings. The molecule has 0 saturated carbocycles. The van der Waals surface area contributed by atoms with E-state index in [9.17, 15) is 0 Å². The summed E-state index contributed by atoms with van der Waals surface area (Å²) in [6, 6.07) is 3.78. The summed E-state index contributed by atoms with van der Waals surface area (Å²) in [5.74, 6) is 0.972. The Kier molecular flexibility index (Phi) is 2.44. The van der Waals surface area contributed by atoms with Crippen molar-refractivity contribution in [3.8, 4) is 0 Å². The highest BCUT2D eigenvalue weighted by atomic mass is 35.5. The molecule has 0 atom stereocenters. The standard InChI is InChI=1S/C10H12ClN3/c1-7-13-9(2-4-12)10-6-8(11)3-5-14(7)10/h3,5-6H,2,4,12H2,1H3. The summed E-state index contributed by atoms with van der Waals surface area (Å²) in [6.45, 7) is 2.58. The summed E-state index contributed by atoms with van der Waals surface area (Å²) in [6.07, 6.45) is 2.72. The molecule has 0 unspecified atom stereocenters. The van der Waals surface area contributed by atoms with Crippen LogP contribution in [0, 0.1) is 6.92 Å². The van der Waals surface area contributed by atoms with E-state index in [1.54, 1.807) is 0 Å². The average molecular weight is 210 g/mol. The van der Waals surface area contributed by atoms with E-state index in [0.717, 1.165) is 28.5 Å². The Morgan fingerprint density at radius 3 is 3.07 bits per heavy atom. The number of aryl methyl sites for hydroxylation is 1. The SMILES string of the molecule is Cc1nc(CCN)c2cc(Cl)ccn12. The number of halogens is 1. The van der Waals surface area contributed by atoms with Crippen molar-refractivity contribution in [2.75, 3.05) is 6.54 Å². The molecule has 0 aliphatic rings. The van der Waals surface area contributed by atoms with E-state index in [-0.39, 0.29) is 0 Å². The highest BCUT2D eigenvalue weighted by Crippen LogP contribution is 2.17. The Balaban J connectivity index is 2.66. The van der Waals surface area contributed by atoms with Crippen LogP contribution in [0.4, 0.5) is 0 Å². The largest absolute Gasteiger partial charge is 0.330 e. The Morgan fingerprint density at radius 2 is 2.36 bits per heavy atom. The van der Waals surface area contributed by atoms with Crippen LogP contribution in [-0.4, -0.2) is 15.9 Å². The fourth-order valence-electron chi connectivity index (χ4n) is 1.61.